The summed E-state index contributed by atoms with van der Waals surface area (Å²) in [5.74, 6) is 0. The molecule has 27 heavy (non-hydrogen) atoms. The number of halogens is 4. The summed E-state index contributed by atoms with van der Waals surface area (Å²) < 4.78 is 46.7. The lowest BCUT2D eigenvalue weighted by atomic mass is 10.1. The van der Waals surface area contributed by atoms with E-state index < -0.39 is 29.1 Å². The maximum atomic E-state index is 13.5. The van der Waals surface area contributed by atoms with E-state index >= 15 is 0 Å². The SMILES string of the molecule is CC(C)(C)OC(=O)n1c(-c2ncccc2C(F)(F)F)cc2ccc(Cl)nc21. The Kier molecular flexibility index (Phi) is 4.63. The fourth-order valence-corrected chi connectivity index (χ4v) is 2.70. The molecule has 0 aliphatic heterocycles. The van der Waals surface area contributed by atoms with Crippen molar-refractivity contribution < 1.29 is 22.7 Å². The minimum Gasteiger partial charge on any atom is -0.443 e. The first-order valence-corrected chi connectivity index (χ1v) is 8.29. The van der Waals surface area contributed by atoms with Crippen molar-refractivity contribution in [1.29, 1.82) is 0 Å². The summed E-state index contributed by atoms with van der Waals surface area (Å²) in [6.45, 7) is 4.95. The quantitative estimate of drug-likeness (QED) is 0.505. The van der Waals surface area contributed by atoms with Crippen molar-refractivity contribution in [3.8, 4) is 11.4 Å². The van der Waals surface area contributed by atoms with Crippen molar-refractivity contribution in [1.82, 2.24) is 14.5 Å². The topological polar surface area (TPSA) is 57.0 Å². The molecule has 0 saturated carbocycles. The Morgan fingerprint density at radius 3 is 2.52 bits per heavy atom. The van der Waals surface area contributed by atoms with Crippen molar-refractivity contribution in [2.45, 2.75) is 32.5 Å². The molecule has 3 rings (SSSR count). The Bertz CT molecular complexity index is 1020. The van der Waals surface area contributed by atoms with Crippen LogP contribution in [0.4, 0.5) is 18.0 Å². The number of nitrogens with zero attached hydrogens (tertiary/aromatic N) is 3. The van der Waals surface area contributed by atoms with E-state index in [9.17, 15) is 18.0 Å². The average molecular weight is 398 g/mol. The minimum absolute atomic E-state index is 0.0815. The second-order valence-corrected chi connectivity index (χ2v) is 7.18. The largest absolute Gasteiger partial charge is 0.443 e. The van der Waals surface area contributed by atoms with Crippen LogP contribution in [0.5, 0.6) is 0 Å². The van der Waals surface area contributed by atoms with E-state index in [1.54, 1.807) is 26.8 Å². The van der Waals surface area contributed by atoms with Crippen molar-refractivity contribution in [2.24, 2.45) is 0 Å². The van der Waals surface area contributed by atoms with Gasteiger partial charge in [-0.3, -0.25) is 4.98 Å². The first-order chi connectivity index (χ1) is 12.5. The van der Waals surface area contributed by atoms with E-state index in [1.165, 1.54) is 24.4 Å². The van der Waals surface area contributed by atoms with Gasteiger partial charge in [0, 0.05) is 11.6 Å². The summed E-state index contributed by atoms with van der Waals surface area (Å²) in [7, 11) is 0. The number of fused-ring (bicyclic) bond motifs is 1. The first-order valence-electron chi connectivity index (χ1n) is 7.91. The van der Waals surface area contributed by atoms with Gasteiger partial charge in [-0.05, 0) is 51.1 Å². The summed E-state index contributed by atoms with van der Waals surface area (Å²) >= 11 is 5.92. The van der Waals surface area contributed by atoms with Gasteiger partial charge in [0.25, 0.3) is 0 Å². The molecule has 0 amide bonds. The van der Waals surface area contributed by atoms with Gasteiger partial charge in [0.15, 0.2) is 5.65 Å². The summed E-state index contributed by atoms with van der Waals surface area (Å²) in [4.78, 5) is 20.7. The van der Waals surface area contributed by atoms with Crippen LogP contribution in [0.3, 0.4) is 0 Å². The number of aromatic nitrogens is 3. The standard InChI is InChI=1S/C18H15ClF3N3O2/c1-17(2,3)27-16(26)25-12(9-10-6-7-13(19)24-15(10)25)14-11(18(20,21)22)5-4-8-23-14/h4-9H,1-3H3. The molecule has 0 aliphatic carbocycles. The number of hydrogen-bond acceptors (Lipinski definition) is 4. The number of rotatable bonds is 1. The molecule has 0 fully saturated rings. The average Bonchev–Trinajstić information content (AvgIpc) is 2.91. The van der Waals surface area contributed by atoms with Crippen LogP contribution in [0.2, 0.25) is 5.15 Å². The number of carbonyl (C=O) groups is 1. The summed E-state index contributed by atoms with van der Waals surface area (Å²) in [6, 6.07) is 6.53. The summed E-state index contributed by atoms with van der Waals surface area (Å²) in [5, 5.41) is 0.521. The fraction of sp³-hybridized carbons (Fsp3) is 0.278. The zero-order valence-corrected chi connectivity index (χ0v) is 15.4. The highest BCUT2D eigenvalue weighted by molar-refractivity contribution is 6.29. The van der Waals surface area contributed by atoms with E-state index in [1.807, 2.05) is 0 Å². The van der Waals surface area contributed by atoms with Crippen molar-refractivity contribution in [2.75, 3.05) is 0 Å². The van der Waals surface area contributed by atoms with Crippen LogP contribution in [0.1, 0.15) is 26.3 Å². The van der Waals surface area contributed by atoms with Crippen LogP contribution in [-0.2, 0) is 10.9 Å². The van der Waals surface area contributed by atoms with Gasteiger partial charge in [-0.25, -0.2) is 14.3 Å². The Balaban J connectivity index is 2.32. The molecular formula is C18H15ClF3N3O2. The van der Waals surface area contributed by atoms with Gasteiger partial charge in [0.2, 0.25) is 0 Å². The smallest absolute Gasteiger partial charge is 0.420 e. The fourth-order valence-electron chi connectivity index (χ4n) is 2.56. The Morgan fingerprint density at radius 1 is 1.19 bits per heavy atom. The Labute approximate surface area is 157 Å². The molecule has 142 valence electrons. The van der Waals surface area contributed by atoms with Gasteiger partial charge in [0.1, 0.15) is 10.8 Å². The van der Waals surface area contributed by atoms with E-state index in [0.29, 0.717) is 5.39 Å². The number of ether oxygens (including phenoxy) is 1. The molecule has 0 unspecified atom stereocenters. The van der Waals surface area contributed by atoms with Crippen LogP contribution >= 0.6 is 11.6 Å². The molecule has 0 N–H and O–H groups in total. The highest BCUT2D eigenvalue weighted by atomic mass is 35.5. The van der Waals surface area contributed by atoms with Crippen LogP contribution in [0.15, 0.2) is 36.5 Å². The van der Waals surface area contributed by atoms with Gasteiger partial charge in [-0.1, -0.05) is 11.6 Å². The maximum absolute atomic E-state index is 13.5. The van der Waals surface area contributed by atoms with Gasteiger partial charge < -0.3 is 4.74 Å². The molecule has 0 bridgehead atoms. The van der Waals surface area contributed by atoms with Gasteiger partial charge >= 0.3 is 12.3 Å². The minimum atomic E-state index is -4.65. The molecule has 0 atom stereocenters. The van der Waals surface area contributed by atoms with Crippen LogP contribution in [0.25, 0.3) is 22.4 Å². The second-order valence-electron chi connectivity index (χ2n) is 6.79. The van der Waals surface area contributed by atoms with Crippen LogP contribution in [0, 0.1) is 0 Å². The van der Waals surface area contributed by atoms with E-state index in [0.717, 1.165) is 10.6 Å². The third-order valence-electron chi connectivity index (χ3n) is 3.55. The first kappa shape index (κ1) is 19.2. The monoisotopic (exact) mass is 397 g/mol. The van der Waals surface area contributed by atoms with Crippen molar-refractivity contribution >= 4 is 28.7 Å². The van der Waals surface area contributed by atoms with E-state index in [-0.39, 0.29) is 16.5 Å². The zero-order valence-electron chi connectivity index (χ0n) is 14.6. The molecule has 9 heteroatoms. The van der Waals surface area contributed by atoms with Crippen LogP contribution < -0.4 is 0 Å². The Hall–Kier alpha value is -2.61. The lowest BCUT2D eigenvalue weighted by molar-refractivity contribution is -0.137. The van der Waals surface area contributed by atoms with Crippen LogP contribution in [-0.4, -0.2) is 26.2 Å². The second kappa shape index (κ2) is 6.53. The number of pyridine rings is 2. The lowest BCUT2D eigenvalue weighted by Gasteiger charge is -2.21. The normalized spacial score (nSPS) is 12.4. The third kappa shape index (κ3) is 3.90. The molecule has 3 aromatic heterocycles. The van der Waals surface area contributed by atoms with Gasteiger partial charge in [0.05, 0.1) is 17.0 Å². The van der Waals surface area contributed by atoms with Crippen molar-refractivity contribution in [3.05, 3.63) is 47.2 Å². The predicted molar refractivity (Wildman–Crippen MR) is 94.6 cm³/mol. The number of hydrogen-bond donors (Lipinski definition) is 0. The molecule has 3 heterocycles. The molecule has 5 nitrogen and oxygen atoms in total. The third-order valence-corrected chi connectivity index (χ3v) is 3.76. The molecular weight excluding hydrogens is 383 g/mol. The van der Waals surface area contributed by atoms with Crippen molar-refractivity contribution in [3.63, 3.8) is 0 Å². The molecule has 0 aromatic carbocycles. The summed E-state index contributed by atoms with van der Waals surface area (Å²) in [6.07, 6.45) is -4.30. The summed E-state index contributed by atoms with van der Waals surface area (Å²) in [5.41, 5.74) is -2.22. The molecule has 0 radical (unpaired) electrons. The molecule has 0 aliphatic rings. The van der Waals surface area contributed by atoms with E-state index in [2.05, 4.69) is 9.97 Å². The van der Waals surface area contributed by atoms with Gasteiger partial charge in [-0.2, -0.15) is 13.2 Å². The maximum Gasteiger partial charge on any atom is 0.420 e. The number of carbonyl (C=O) groups excluding carboxylic acids is 1. The predicted octanol–water partition coefficient (Wildman–Crippen LogP) is 5.55. The lowest BCUT2D eigenvalue weighted by Crippen LogP contribution is -2.28. The Morgan fingerprint density at radius 2 is 1.89 bits per heavy atom. The van der Waals surface area contributed by atoms with E-state index in [4.69, 9.17) is 16.3 Å². The molecule has 3 aromatic rings. The highest BCUT2D eigenvalue weighted by Gasteiger charge is 2.36. The van der Waals surface area contributed by atoms with Gasteiger partial charge in [-0.15, -0.1) is 0 Å². The number of alkyl halides is 3. The zero-order chi connectivity index (χ0) is 20.0. The molecule has 0 spiro atoms. The highest BCUT2D eigenvalue weighted by Crippen LogP contribution is 2.37. The molecule has 0 saturated heterocycles.